The Morgan fingerprint density at radius 3 is 3.18 bits per heavy atom. The fourth-order valence-corrected chi connectivity index (χ4v) is 3.71. The van der Waals surface area contributed by atoms with E-state index in [0.717, 1.165) is 35.3 Å². The summed E-state index contributed by atoms with van der Waals surface area (Å²) in [6.07, 6.45) is 0.232. The van der Waals surface area contributed by atoms with E-state index < -0.39 is 5.97 Å². The number of aliphatic carboxylic acids is 1. The number of hydrogen-bond acceptors (Lipinski definition) is 5. The molecule has 0 aromatic carbocycles. The smallest absolute Gasteiger partial charge is 0.304 e. The van der Waals surface area contributed by atoms with Crippen molar-refractivity contribution in [2.24, 2.45) is 0 Å². The maximum absolute atomic E-state index is 10.8. The molecule has 0 spiro atoms. The van der Waals surface area contributed by atoms with Crippen LogP contribution < -0.4 is 0 Å². The molecule has 1 N–H and O–H groups in total. The Labute approximate surface area is 109 Å². The van der Waals surface area contributed by atoms with Gasteiger partial charge in [-0.2, -0.15) is 11.8 Å². The maximum Gasteiger partial charge on any atom is 0.304 e. The van der Waals surface area contributed by atoms with Crippen LogP contribution in [-0.2, 0) is 11.3 Å². The summed E-state index contributed by atoms with van der Waals surface area (Å²) in [5, 5.41) is 12.0. The third-order valence-electron chi connectivity index (χ3n) is 2.79. The quantitative estimate of drug-likeness (QED) is 0.906. The van der Waals surface area contributed by atoms with Crippen LogP contribution in [0.1, 0.15) is 17.1 Å². The average Bonchev–Trinajstić information content (AvgIpc) is 2.66. The molecule has 1 unspecified atom stereocenters. The Balaban J connectivity index is 1.98. The van der Waals surface area contributed by atoms with E-state index in [1.54, 1.807) is 11.3 Å². The van der Waals surface area contributed by atoms with Gasteiger partial charge in [-0.1, -0.05) is 0 Å². The highest BCUT2D eigenvalue weighted by molar-refractivity contribution is 7.99. The van der Waals surface area contributed by atoms with Crippen molar-refractivity contribution in [2.45, 2.75) is 25.9 Å². The summed E-state index contributed by atoms with van der Waals surface area (Å²) in [6, 6.07) is 0.147. The van der Waals surface area contributed by atoms with E-state index in [-0.39, 0.29) is 12.5 Å². The minimum absolute atomic E-state index is 0.147. The highest BCUT2D eigenvalue weighted by Gasteiger charge is 2.25. The van der Waals surface area contributed by atoms with E-state index in [1.165, 1.54) is 0 Å². The van der Waals surface area contributed by atoms with Gasteiger partial charge in [-0.05, 0) is 6.92 Å². The lowest BCUT2D eigenvalue weighted by atomic mass is 10.2. The number of carbonyl (C=O) groups is 1. The maximum atomic E-state index is 10.8. The zero-order valence-electron chi connectivity index (χ0n) is 9.76. The molecular weight excluding hydrogens is 256 g/mol. The minimum Gasteiger partial charge on any atom is -0.481 e. The predicted molar refractivity (Wildman–Crippen MR) is 70.6 cm³/mol. The second-order valence-corrected chi connectivity index (χ2v) is 6.37. The molecule has 1 saturated heterocycles. The largest absolute Gasteiger partial charge is 0.481 e. The molecule has 0 saturated carbocycles. The average molecular weight is 272 g/mol. The van der Waals surface area contributed by atoms with Gasteiger partial charge in [0.1, 0.15) is 0 Å². The van der Waals surface area contributed by atoms with Gasteiger partial charge in [0, 0.05) is 36.0 Å². The molecule has 1 aliphatic heterocycles. The van der Waals surface area contributed by atoms with Crippen LogP contribution in [-0.4, -0.2) is 45.1 Å². The van der Waals surface area contributed by atoms with Crippen molar-refractivity contribution in [1.82, 2.24) is 9.88 Å². The highest BCUT2D eigenvalue weighted by atomic mass is 32.2. The topological polar surface area (TPSA) is 53.4 Å². The molecule has 2 rings (SSSR count). The second kappa shape index (κ2) is 5.84. The number of hydrogen-bond donors (Lipinski definition) is 1. The first-order valence-corrected chi connectivity index (χ1v) is 7.63. The summed E-state index contributed by atoms with van der Waals surface area (Å²) in [5.74, 6) is 1.28. The Morgan fingerprint density at radius 1 is 1.71 bits per heavy atom. The Morgan fingerprint density at radius 2 is 2.53 bits per heavy atom. The molecule has 17 heavy (non-hydrogen) atoms. The fraction of sp³-hybridized carbons (Fsp3) is 0.636. The minimum atomic E-state index is -0.711. The van der Waals surface area contributed by atoms with Crippen molar-refractivity contribution in [1.29, 1.82) is 0 Å². The summed E-state index contributed by atoms with van der Waals surface area (Å²) >= 11 is 3.49. The number of thiazole rings is 1. The lowest BCUT2D eigenvalue weighted by molar-refractivity contribution is -0.138. The number of nitrogens with zero attached hydrogens (tertiary/aromatic N) is 2. The van der Waals surface area contributed by atoms with Crippen molar-refractivity contribution in [2.75, 3.05) is 18.1 Å². The Kier molecular flexibility index (Phi) is 4.42. The van der Waals surface area contributed by atoms with Crippen LogP contribution in [0.5, 0.6) is 0 Å². The van der Waals surface area contributed by atoms with Crippen LogP contribution in [0.2, 0.25) is 0 Å². The first kappa shape index (κ1) is 12.9. The monoisotopic (exact) mass is 272 g/mol. The van der Waals surface area contributed by atoms with Gasteiger partial charge in [0.2, 0.25) is 0 Å². The molecule has 6 heteroatoms. The number of aryl methyl sites for hydroxylation is 1. The van der Waals surface area contributed by atoms with Crippen LogP contribution in [0.4, 0.5) is 0 Å². The predicted octanol–water partition coefficient (Wildman–Crippen LogP) is 1.84. The van der Waals surface area contributed by atoms with Crippen LogP contribution >= 0.6 is 23.1 Å². The molecule has 0 aliphatic carbocycles. The highest BCUT2D eigenvalue weighted by Crippen LogP contribution is 2.21. The van der Waals surface area contributed by atoms with Crippen molar-refractivity contribution in [3.8, 4) is 0 Å². The molecule has 0 bridgehead atoms. The molecule has 0 amide bonds. The third-order valence-corrected chi connectivity index (χ3v) is 4.71. The van der Waals surface area contributed by atoms with E-state index in [0.29, 0.717) is 0 Å². The van der Waals surface area contributed by atoms with Crippen LogP contribution in [0.15, 0.2) is 5.38 Å². The number of rotatable bonds is 4. The molecule has 2 heterocycles. The summed E-state index contributed by atoms with van der Waals surface area (Å²) in [7, 11) is 0. The second-order valence-electron chi connectivity index (χ2n) is 4.15. The zero-order valence-corrected chi connectivity index (χ0v) is 11.4. The molecule has 1 aliphatic rings. The number of carboxylic acids is 1. The third kappa shape index (κ3) is 3.69. The van der Waals surface area contributed by atoms with E-state index in [2.05, 4.69) is 15.3 Å². The van der Waals surface area contributed by atoms with Crippen molar-refractivity contribution >= 4 is 29.1 Å². The Bertz CT molecular complexity index is 395. The summed E-state index contributed by atoms with van der Waals surface area (Å²) in [5.41, 5.74) is 1.06. The van der Waals surface area contributed by atoms with Gasteiger partial charge in [-0.3, -0.25) is 9.69 Å². The van der Waals surface area contributed by atoms with Crippen molar-refractivity contribution < 1.29 is 9.90 Å². The lowest BCUT2D eigenvalue weighted by Crippen LogP contribution is -2.43. The summed E-state index contributed by atoms with van der Waals surface area (Å²) < 4.78 is 0. The van der Waals surface area contributed by atoms with E-state index in [9.17, 15) is 4.79 Å². The SMILES string of the molecule is Cc1nc(CN2CCSCC2CC(=O)O)cs1. The lowest BCUT2D eigenvalue weighted by Gasteiger charge is -2.33. The summed E-state index contributed by atoms with van der Waals surface area (Å²) in [4.78, 5) is 17.5. The molecular formula is C11H16N2O2S2. The molecule has 0 radical (unpaired) electrons. The van der Waals surface area contributed by atoms with Gasteiger partial charge in [-0.15, -0.1) is 11.3 Å². The standard InChI is InChI=1S/C11H16N2O2S2/c1-8-12-9(6-17-8)5-13-2-3-16-7-10(13)4-11(14)15/h6,10H,2-5,7H2,1H3,(H,14,15). The normalized spacial score (nSPS) is 21.6. The van der Waals surface area contributed by atoms with E-state index >= 15 is 0 Å². The van der Waals surface area contributed by atoms with Crippen molar-refractivity contribution in [3.63, 3.8) is 0 Å². The molecule has 1 fully saturated rings. The number of carboxylic acid groups (broad SMARTS) is 1. The van der Waals surface area contributed by atoms with Gasteiger partial charge in [0.15, 0.2) is 0 Å². The van der Waals surface area contributed by atoms with Crippen molar-refractivity contribution in [3.05, 3.63) is 16.1 Å². The van der Waals surface area contributed by atoms with Gasteiger partial charge in [0.25, 0.3) is 0 Å². The Hall–Kier alpha value is -0.590. The van der Waals surface area contributed by atoms with Crippen LogP contribution in [0, 0.1) is 6.92 Å². The van der Waals surface area contributed by atoms with Gasteiger partial charge >= 0.3 is 5.97 Å². The number of thioether (sulfide) groups is 1. The first-order chi connectivity index (χ1) is 8.15. The zero-order chi connectivity index (χ0) is 12.3. The molecule has 94 valence electrons. The molecule has 1 aromatic heterocycles. The van der Waals surface area contributed by atoms with Crippen LogP contribution in [0.3, 0.4) is 0 Å². The fourth-order valence-electron chi connectivity index (χ4n) is 1.98. The van der Waals surface area contributed by atoms with E-state index in [4.69, 9.17) is 5.11 Å². The molecule has 1 atom stereocenters. The van der Waals surface area contributed by atoms with Gasteiger partial charge in [0.05, 0.1) is 17.1 Å². The van der Waals surface area contributed by atoms with Gasteiger partial charge in [-0.25, -0.2) is 4.98 Å². The number of aromatic nitrogens is 1. The molecule has 4 nitrogen and oxygen atoms in total. The van der Waals surface area contributed by atoms with E-state index in [1.807, 2.05) is 18.7 Å². The van der Waals surface area contributed by atoms with Crippen LogP contribution in [0.25, 0.3) is 0 Å². The van der Waals surface area contributed by atoms with Gasteiger partial charge < -0.3 is 5.11 Å². The summed E-state index contributed by atoms with van der Waals surface area (Å²) in [6.45, 7) is 3.73. The first-order valence-electron chi connectivity index (χ1n) is 5.60. The molecule has 1 aromatic rings.